The van der Waals surface area contributed by atoms with Crippen LogP contribution in [0.15, 0.2) is 42.5 Å². The molecule has 29 heavy (non-hydrogen) atoms. The van der Waals surface area contributed by atoms with Crippen LogP contribution in [-0.4, -0.2) is 69.3 Å². The summed E-state index contributed by atoms with van der Waals surface area (Å²) in [6.07, 6.45) is 0. The summed E-state index contributed by atoms with van der Waals surface area (Å²) in [6.45, 7) is 4.46. The van der Waals surface area contributed by atoms with Gasteiger partial charge in [0.25, 0.3) is 5.91 Å². The molecule has 0 saturated carbocycles. The minimum absolute atomic E-state index is 0.0661. The van der Waals surface area contributed by atoms with Crippen molar-refractivity contribution in [2.24, 2.45) is 0 Å². The van der Waals surface area contributed by atoms with E-state index < -0.39 is 5.82 Å². The van der Waals surface area contributed by atoms with Crippen molar-refractivity contribution in [2.75, 3.05) is 53.6 Å². The van der Waals surface area contributed by atoms with Crippen molar-refractivity contribution in [1.82, 2.24) is 9.80 Å². The van der Waals surface area contributed by atoms with Crippen molar-refractivity contribution in [3.05, 3.63) is 59.4 Å². The lowest BCUT2D eigenvalue weighted by atomic mass is 10.1. The molecule has 0 aromatic heterocycles. The zero-order chi connectivity index (χ0) is 20.6. The van der Waals surface area contributed by atoms with Gasteiger partial charge < -0.3 is 19.1 Å². The van der Waals surface area contributed by atoms with Crippen molar-refractivity contribution in [3.63, 3.8) is 0 Å². The monoisotopic (exact) mass is 402 g/mol. The normalized spacial score (nSPS) is 14.4. The molecule has 0 atom stereocenters. The van der Waals surface area contributed by atoms with Gasteiger partial charge in [-0.3, -0.25) is 9.69 Å². The Labute approximate surface area is 170 Å². The predicted octanol–water partition coefficient (Wildman–Crippen LogP) is 2.82. The van der Waals surface area contributed by atoms with Crippen molar-refractivity contribution in [3.8, 4) is 11.5 Å². The Balaban J connectivity index is 1.84. The second kappa shape index (κ2) is 10.2. The molecular weight excluding hydrogens is 375 g/mol. The SMILES string of the molecule is COc1ccc(OC)c(CN(CCN2CCOCC2)C(=O)c2ccccc2F)c1. The number of morpholine rings is 1. The number of rotatable bonds is 8. The smallest absolute Gasteiger partial charge is 0.257 e. The van der Waals surface area contributed by atoms with Gasteiger partial charge in [-0.15, -0.1) is 0 Å². The van der Waals surface area contributed by atoms with Gasteiger partial charge in [-0.05, 0) is 30.3 Å². The Kier molecular flexibility index (Phi) is 7.43. The van der Waals surface area contributed by atoms with E-state index >= 15 is 0 Å². The lowest BCUT2D eigenvalue weighted by molar-refractivity contribution is 0.0319. The molecule has 0 bridgehead atoms. The zero-order valence-corrected chi connectivity index (χ0v) is 16.9. The molecular formula is C22H27FN2O4. The van der Waals surface area contributed by atoms with E-state index in [0.29, 0.717) is 37.8 Å². The van der Waals surface area contributed by atoms with Crippen molar-refractivity contribution in [1.29, 1.82) is 0 Å². The number of hydrogen-bond acceptors (Lipinski definition) is 5. The number of nitrogens with zero attached hydrogens (tertiary/aromatic N) is 2. The van der Waals surface area contributed by atoms with Crippen molar-refractivity contribution >= 4 is 5.91 Å². The molecule has 0 radical (unpaired) electrons. The topological polar surface area (TPSA) is 51.2 Å². The minimum atomic E-state index is -0.522. The van der Waals surface area contributed by atoms with Gasteiger partial charge in [-0.25, -0.2) is 4.39 Å². The van der Waals surface area contributed by atoms with E-state index in [0.717, 1.165) is 18.7 Å². The van der Waals surface area contributed by atoms with Gasteiger partial charge >= 0.3 is 0 Å². The molecule has 2 aromatic carbocycles. The molecule has 1 saturated heterocycles. The molecule has 3 rings (SSSR count). The summed E-state index contributed by atoms with van der Waals surface area (Å²) in [4.78, 5) is 17.1. The minimum Gasteiger partial charge on any atom is -0.497 e. The van der Waals surface area contributed by atoms with Crippen LogP contribution < -0.4 is 9.47 Å². The third-order valence-corrected chi connectivity index (χ3v) is 5.03. The first-order valence-corrected chi connectivity index (χ1v) is 9.67. The largest absolute Gasteiger partial charge is 0.497 e. The maximum Gasteiger partial charge on any atom is 0.257 e. The van der Waals surface area contributed by atoms with Gasteiger partial charge in [0.1, 0.15) is 17.3 Å². The average Bonchev–Trinajstić information content (AvgIpc) is 2.77. The number of ether oxygens (including phenoxy) is 3. The molecule has 1 fully saturated rings. The number of hydrogen-bond donors (Lipinski definition) is 0. The van der Waals surface area contributed by atoms with E-state index in [9.17, 15) is 9.18 Å². The Morgan fingerprint density at radius 3 is 2.59 bits per heavy atom. The molecule has 6 nitrogen and oxygen atoms in total. The van der Waals surface area contributed by atoms with Gasteiger partial charge in [-0.1, -0.05) is 12.1 Å². The Morgan fingerprint density at radius 1 is 1.14 bits per heavy atom. The van der Waals surface area contributed by atoms with E-state index in [1.54, 1.807) is 37.3 Å². The third kappa shape index (κ3) is 5.46. The summed E-state index contributed by atoms with van der Waals surface area (Å²) in [5.74, 6) is 0.462. The molecule has 1 amide bonds. The molecule has 7 heteroatoms. The number of methoxy groups -OCH3 is 2. The van der Waals surface area contributed by atoms with Crippen molar-refractivity contribution in [2.45, 2.75) is 6.54 Å². The van der Waals surface area contributed by atoms with Gasteiger partial charge in [-0.2, -0.15) is 0 Å². The summed E-state index contributed by atoms with van der Waals surface area (Å²) in [6, 6.07) is 11.5. The molecule has 1 heterocycles. The Bertz CT molecular complexity index is 824. The lowest BCUT2D eigenvalue weighted by Gasteiger charge is -2.30. The second-order valence-corrected chi connectivity index (χ2v) is 6.84. The van der Waals surface area contributed by atoms with Crippen LogP contribution in [0.3, 0.4) is 0 Å². The Hall–Kier alpha value is -2.64. The van der Waals surface area contributed by atoms with Crippen LogP contribution in [0.5, 0.6) is 11.5 Å². The first-order valence-electron chi connectivity index (χ1n) is 9.67. The molecule has 0 N–H and O–H groups in total. The van der Waals surface area contributed by atoms with Gasteiger partial charge in [0.2, 0.25) is 0 Å². The Morgan fingerprint density at radius 2 is 1.90 bits per heavy atom. The van der Waals surface area contributed by atoms with Crippen LogP contribution in [0.4, 0.5) is 4.39 Å². The third-order valence-electron chi connectivity index (χ3n) is 5.03. The molecule has 1 aliphatic rings. The number of carbonyl (C=O) groups is 1. The fourth-order valence-electron chi connectivity index (χ4n) is 3.36. The predicted molar refractivity (Wildman–Crippen MR) is 108 cm³/mol. The lowest BCUT2D eigenvalue weighted by Crippen LogP contribution is -2.43. The van der Waals surface area contributed by atoms with E-state index in [1.165, 1.54) is 12.1 Å². The number of benzene rings is 2. The van der Waals surface area contributed by atoms with Crippen LogP contribution in [0.1, 0.15) is 15.9 Å². The quantitative estimate of drug-likeness (QED) is 0.680. The van der Waals surface area contributed by atoms with E-state index in [-0.39, 0.29) is 18.0 Å². The summed E-state index contributed by atoms with van der Waals surface area (Å²) < 4.78 is 30.4. The molecule has 156 valence electrons. The van der Waals surface area contributed by atoms with Crippen LogP contribution in [0.2, 0.25) is 0 Å². The van der Waals surface area contributed by atoms with Crippen LogP contribution in [0.25, 0.3) is 0 Å². The van der Waals surface area contributed by atoms with Gasteiger partial charge in [0.05, 0.1) is 33.0 Å². The highest BCUT2D eigenvalue weighted by atomic mass is 19.1. The average molecular weight is 402 g/mol. The number of amides is 1. The fourth-order valence-corrected chi connectivity index (χ4v) is 3.36. The molecule has 0 spiro atoms. The van der Waals surface area contributed by atoms with E-state index in [2.05, 4.69) is 4.90 Å². The first kappa shape index (κ1) is 21.1. The molecule has 1 aliphatic heterocycles. The van der Waals surface area contributed by atoms with Crippen LogP contribution in [-0.2, 0) is 11.3 Å². The molecule has 2 aromatic rings. The van der Waals surface area contributed by atoms with Crippen LogP contribution >= 0.6 is 0 Å². The standard InChI is InChI=1S/C22H27FN2O4/c1-27-18-7-8-21(28-2)17(15-18)16-25(10-9-24-11-13-29-14-12-24)22(26)19-5-3-4-6-20(19)23/h3-8,15H,9-14,16H2,1-2H3. The van der Waals surface area contributed by atoms with Crippen molar-refractivity contribution < 1.29 is 23.4 Å². The summed E-state index contributed by atoms with van der Waals surface area (Å²) in [7, 11) is 3.17. The molecule has 0 unspecified atom stereocenters. The first-order chi connectivity index (χ1) is 14.1. The number of carbonyl (C=O) groups excluding carboxylic acids is 1. The van der Waals surface area contributed by atoms with Gasteiger partial charge in [0, 0.05) is 38.3 Å². The zero-order valence-electron chi connectivity index (χ0n) is 16.9. The highest BCUT2D eigenvalue weighted by Gasteiger charge is 2.22. The number of halogens is 1. The maximum absolute atomic E-state index is 14.3. The summed E-state index contributed by atoms with van der Waals surface area (Å²) >= 11 is 0. The van der Waals surface area contributed by atoms with Crippen LogP contribution in [0, 0.1) is 5.82 Å². The highest BCUT2D eigenvalue weighted by Crippen LogP contribution is 2.26. The second-order valence-electron chi connectivity index (χ2n) is 6.84. The highest BCUT2D eigenvalue weighted by molar-refractivity contribution is 5.94. The fraction of sp³-hybridized carbons (Fsp3) is 0.409. The summed E-state index contributed by atoms with van der Waals surface area (Å²) in [5, 5.41) is 0. The van der Waals surface area contributed by atoms with Gasteiger partial charge in [0.15, 0.2) is 0 Å². The maximum atomic E-state index is 14.3. The molecule has 0 aliphatic carbocycles. The van der Waals surface area contributed by atoms with E-state index in [4.69, 9.17) is 14.2 Å². The summed E-state index contributed by atoms with van der Waals surface area (Å²) in [5.41, 5.74) is 0.870. The van der Waals surface area contributed by atoms with E-state index in [1.807, 2.05) is 12.1 Å².